The Bertz CT molecular complexity index is 287. The van der Waals surface area contributed by atoms with Crippen molar-refractivity contribution < 1.29 is 4.74 Å². The average molecular weight is 298 g/mol. The maximum absolute atomic E-state index is 5.92. The van der Waals surface area contributed by atoms with Crippen LogP contribution in [0.15, 0.2) is 0 Å². The lowest BCUT2D eigenvalue weighted by Crippen LogP contribution is -2.44. The largest absolute Gasteiger partial charge is 0.381 e. The number of hydrogen-bond acceptors (Lipinski definition) is 2. The molecule has 2 nitrogen and oxygen atoms in total. The Labute approximate surface area is 133 Å². The number of nitrogens with one attached hydrogen (secondary N) is 1. The van der Waals surface area contributed by atoms with Crippen molar-refractivity contribution in [2.24, 2.45) is 23.2 Å². The maximum atomic E-state index is 5.92. The van der Waals surface area contributed by atoms with Crippen LogP contribution in [0.1, 0.15) is 74.1 Å². The van der Waals surface area contributed by atoms with Crippen LogP contribution in [-0.2, 0) is 4.74 Å². The van der Waals surface area contributed by atoms with E-state index in [0.717, 1.165) is 43.9 Å². The van der Waals surface area contributed by atoms with Crippen LogP contribution in [0.25, 0.3) is 0 Å². The van der Waals surface area contributed by atoms with Gasteiger partial charge >= 0.3 is 0 Å². The van der Waals surface area contributed by atoms with E-state index in [9.17, 15) is 0 Å². The average Bonchev–Trinajstić information content (AvgIpc) is 2.35. The predicted molar refractivity (Wildman–Crippen MR) is 92.6 cm³/mol. The molecule has 1 aliphatic rings. The normalized spacial score (nSPS) is 27.9. The molecule has 126 valence electrons. The number of hydrogen-bond donors (Lipinski definition) is 1. The van der Waals surface area contributed by atoms with E-state index in [2.05, 4.69) is 53.8 Å². The standard InChI is InChI=1S/C19H39NO/c1-8-11-21-14-16-12-17(18(2,3)4)10-9-15(16)13-20-19(5,6)7/h15-17,20H,8-14H2,1-7H3. The molecule has 0 heterocycles. The molecular formula is C19H39NO. The second-order valence-corrected chi connectivity index (χ2v) is 9.10. The molecule has 3 atom stereocenters. The molecule has 21 heavy (non-hydrogen) atoms. The number of ether oxygens (including phenoxy) is 1. The van der Waals surface area contributed by atoms with Gasteiger partial charge in [-0.2, -0.15) is 0 Å². The Hall–Kier alpha value is -0.0800. The highest BCUT2D eigenvalue weighted by molar-refractivity contribution is 4.87. The van der Waals surface area contributed by atoms with Gasteiger partial charge < -0.3 is 10.1 Å². The summed E-state index contributed by atoms with van der Waals surface area (Å²) in [5.41, 5.74) is 0.654. The quantitative estimate of drug-likeness (QED) is 0.706. The van der Waals surface area contributed by atoms with Crippen LogP contribution in [0.4, 0.5) is 0 Å². The van der Waals surface area contributed by atoms with Crippen LogP contribution in [-0.4, -0.2) is 25.3 Å². The molecule has 0 bridgehead atoms. The first kappa shape index (κ1) is 19.0. The third kappa shape index (κ3) is 7.15. The fourth-order valence-electron chi connectivity index (χ4n) is 3.40. The Morgan fingerprint density at radius 2 is 1.67 bits per heavy atom. The molecule has 0 amide bonds. The van der Waals surface area contributed by atoms with Gasteiger partial charge in [-0.25, -0.2) is 0 Å². The van der Waals surface area contributed by atoms with Gasteiger partial charge in [-0.1, -0.05) is 27.7 Å². The highest BCUT2D eigenvalue weighted by Gasteiger charge is 2.36. The first-order valence-electron chi connectivity index (χ1n) is 8.96. The lowest BCUT2D eigenvalue weighted by atomic mass is 9.65. The van der Waals surface area contributed by atoms with Gasteiger partial charge in [-0.05, 0) is 76.2 Å². The van der Waals surface area contributed by atoms with Gasteiger partial charge in [0.25, 0.3) is 0 Å². The van der Waals surface area contributed by atoms with E-state index in [1.165, 1.54) is 19.3 Å². The Balaban J connectivity index is 2.59. The van der Waals surface area contributed by atoms with E-state index >= 15 is 0 Å². The lowest BCUT2D eigenvalue weighted by Gasteiger charge is -2.42. The zero-order chi connectivity index (χ0) is 16.1. The highest BCUT2D eigenvalue weighted by Crippen LogP contribution is 2.42. The SMILES string of the molecule is CCCOCC1CC(C(C)(C)C)CCC1CNC(C)(C)C. The zero-order valence-corrected chi connectivity index (χ0v) is 15.6. The van der Waals surface area contributed by atoms with E-state index in [0.29, 0.717) is 5.41 Å². The van der Waals surface area contributed by atoms with E-state index in [1.807, 2.05) is 0 Å². The minimum absolute atomic E-state index is 0.218. The highest BCUT2D eigenvalue weighted by atomic mass is 16.5. The fourth-order valence-corrected chi connectivity index (χ4v) is 3.40. The minimum Gasteiger partial charge on any atom is -0.381 e. The second-order valence-electron chi connectivity index (χ2n) is 9.10. The topological polar surface area (TPSA) is 21.3 Å². The zero-order valence-electron chi connectivity index (χ0n) is 15.6. The minimum atomic E-state index is 0.218. The molecule has 0 spiro atoms. The van der Waals surface area contributed by atoms with E-state index in [-0.39, 0.29) is 5.54 Å². The van der Waals surface area contributed by atoms with Gasteiger partial charge in [-0.15, -0.1) is 0 Å². The van der Waals surface area contributed by atoms with Crippen molar-refractivity contribution in [1.29, 1.82) is 0 Å². The fraction of sp³-hybridized carbons (Fsp3) is 1.00. The first-order valence-corrected chi connectivity index (χ1v) is 8.96. The van der Waals surface area contributed by atoms with Crippen molar-refractivity contribution in [2.45, 2.75) is 79.7 Å². The monoisotopic (exact) mass is 297 g/mol. The van der Waals surface area contributed by atoms with E-state index < -0.39 is 0 Å². The molecule has 1 rings (SSSR count). The summed E-state index contributed by atoms with van der Waals surface area (Å²) in [5, 5.41) is 3.71. The number of rotatable bonds is 6. The van der Waals surface area contributed by atoms with Crippen LogP contribution in [0.3, 0.4) is 0 Å². The second kappa shape index (κ2) is 7.97. The summed E-state index contributed by atoms with van der Waals surface area (Å²) in [6, 6.07) is 0. The van der Waals surface area contributed by atoms with Crippen molar-refractivity contribution in [3.63, 3.8) is 0 Å². The Kier molecular flexibility index (Phi) is 7.19. The molecule has 0 aliphatic heterocycles. The van der Waals surface area contributed by atoms with Gasteiger partial charge in [-0.3, -0.25) is 0 Å². The van der Waals surface area contributed by atoms with Gasteiger partial charge in [0.2, 0.25) is 0 Å². The van der Waals surface area contributed by atoms with Crippen LogP contribution in [0, 0.1) is 23.2 Å². The van der Waals surface area contributed by atoms with Crippen LogP contribution < -0.4 is 5.32 Å². The third-order valence-electron chi connectivity index (χ3n) is 4.94. The summed E-state index contributed by atoms with van der Waals surface area (Å²) in [5.74, 6) is 2.35. The predicted octanol–water partition coefficient (Wildman–Crippen LogP) is 4.88. The summed E-state index contributed by atoms with van der Waals surface area (Å²) in [4.78, 5) is 0. The van der Waals surface area contributed by atoms with E-state index in [4.69, 9.17) is 4.74 Å². The summed E-state index contributed by atoms with van der Waals surface area (Å²) >= 11 is 0. The molecule has 0 aromatic rings. The molecule has 1 saturated carbocycles. The van der Waals surface area contributed by atoms with Crippen molar-refractivity contribution >= 4 is 0 Å². The van der Waals surface area contributed by atoms with Gasteiger partial charge in [0.15, 0.2) is 0 Å². The van der Waals surface area contributed by atoms with Crippen LogP contribution >= 0.6 is 0 Å². The third-order valence-corrected chi connectivity index (χ3v) is 4.94. The summed E-state index contributed by atoms with van der Waals surface area (Å²) in [7, 11) is 0. The van der Waals surface area contributed by atoms with Crippen molar-refractivity contribution in [3.8, 4) is 0 Å². The van der Waals surface area contributed by atoms with Gasteiger partial charge in [0.1, 0.15) is 0 Å². The summed E-state index contributed by atoms with van der Waals surface area (Å²) < 4.78 is 5.92. The molecule has 1 fully saturated rings. The lowest BCUT2D eigenvalue weighted by molar-refractivity contribution is 0.0213. The van der Waals surface area contributed by atoms with Crippen molar-refractivity contribution in [1.82, 2.24) is 5.32 Å². The molecule has 0 aromatic heterocycles. The van der Waals surface area contributed by atoms with Crippen molar-refractivity contribution in [3.05, 3.63) is 0 Å². The van der Waals surface area contributed by atoms with E-state index in [1.54, 1.807) is 0 Å². The Morgan fingerprint density at radius 1 is 1.00 bits per heavy atom. The van der Waals surface area contributed by atoms with Crippen LogP contribution in [0.2, 0.25) is 0 Å². The van der Waals surface area contributed by atoms with Gasteiger partial charge in [0.05, 0.1) is 0 Å². The Morgan fingerprint density at radius 3 is 2.19 bits per heavy atom. The maximum Gasteiger partial charge on any atom is 0.0497 e. The molecule has 1 aliphatic carbocycles. The summed E-state index contributed by atoms with van der Waals surface area (Å²) in [6.07, 6.45) is 5.19. The summed E-state index contributed by atoms with van der Waals surface area (Å²) in [6.45, 7) is 19.2. The molecule has 0 radical (unpaired) electrons. The first-order chi connectivity index (χ1) is 9.63. The smallest absolute Gasteiger partial charge is 0.0497 e. The van der Waals surface area contributed by atoms with Gasteiger partial charge in [0, 0.05) is 18.8 Å². The molecule has 0 saturated heterocycles. The van der Waals surface area contributed by atoms with Crippen LogP contribution in [0.5, 0.6) is 0 Å². The molecule has 0 aromatic carbocycles. The molecule has 1 N–H and O–H groups in total. The van der Waals surface area contributed by atoms with Crippen molar-refractivity contribution in [2.75, 3.05) is 19.8 Å². The molecule has 2 heteroatoms. The molecular weight excluding hydrogens is 258 g/mol. The molecule has 3 unspecified atom stereocenters.